The van der Waals surface area contributed by atoms with Crippen molar-refractivity contribution in [2.45, 2.75) is 19.1 Å². The van der Waals surface area contributed by atoms with Crippen LogP contribution in [0, 0.1) is 5.82 Å². The number of ether oxygens (including phenoxy) is 1. The van der Waals surface area contributed by atoms with Crippen LogP contribution < -0.4 is 10.5 Å². The summed E-state index contributed by atoms with van der Waals surface area (Å²) in [6.07, 6.45) is -4.58. The number of hydrogen-bond donors (Lipinski definition) is 1. The van der Waals surface area contributed by atoms with Crippen molar-refractivity contribution in [2.75, 3.05) is 6.61 Å². The van der Waals surface area contributed by atoms with E-state index in [1.807, 2.05) is 0 Å². The topological polar surface area (TPSA) is 35.2 Å². The van der Waals surface area contributed by atoms with E-state index in [0.29, 0.717) is 0 Å². The molecule has 0 amide bonds. The van der Waals surface area contributed by atoms with E-state index in [1.165, 1.54) is 0 Å². The smallest absolute Gasteiger partial charge is 0.407 e. The van der Waals surface area contributed by atoms with Gasteiger partial charge in [0.15, 0.2) is 11.6 Å². The highest BCUT2D eigenvalue weighted by molar-refractivity contribution is 5.31. The third-order valence-corrected chi connectivity index (χ3v) is 1.97. The van der Waals surface area contributed by atoms with E-state index in [1.54, 1.807) is 6.92 Å². The molecule has 2 N–H and O–H groups in total. The van der Waals surface area contributed by atoms with Gasteiger partial charge in [-0.05, 0) is 24.6 Å². The van der Waals surface area contributed by atoms with Crippen molar-refractivity contribution < 1.29 is 22.3 Å². The molecule has 0 saturated heterocycles. The molecule has 16 heavy (non-hydrogen) atoms. The van der Waals surface area contributed by atoms with E-state index in [2.05, 4.69) is 0 Å². The van der Waals surface area contributed by atoms with Crippen molar-refractivity contribution in [3.63, 3.8) is 0 Å². The van der Waals surface area contributed by atoms with Gasteiger partial charge < -0.3 is 10.5 Å². The third-order valence-electron chi connectivity index (χ3n) is 1.97. The number of benzene rings is 1. The van der Waals surface area contributed by atoms with Gasteiger partial charge in [0.2, 0.25) is 0 Å². The van der Waals surface area contributed by atoms with Gasteiger partial charge >= 0.3 is 6.18 Å². The minimum Gasteiger partial charge on any atom is -0.491 e. The van der Waals surface area contributed by atoms with Gasteiger partial charge in [-0.3, -0.25) is 0 Å². The Bertz CT molecular complexity index is 364. The second kappa shape index (κ2) is 4.69. The lowest BCUT2D eigenvalue weighted by Crippen LogP contribution is -2.28. The van der Waals surface area contributed by atoms with Gasteiger partial charge in [-0.2, -0.15) is 13.2 Å². The first-order chi connectivity index (χ1) is 7.36. The molecule has 6 heteroatoms. The highest BCUT2D eigenvalue weighted by Crippen LogP contribution is 2.32. The van der Waals surface area contributed by atoms with E-state index < -0.39 is 18.0 Å². The van der Waals surface area contributed by atoms with Gasteiger partial charge in [-0.15, -0.1) is 0 Å². The van der Waals surface area contributed by atoms with Crippen molar-refractivity contribution in [3.8, 4) is 5.75 Å². The van der Waals surface area contributed by atoms with Crippen LogP contribution in [-0.4, -0.2) is 12.8 Å². The maximum atomic E-state index is 13.2. The summed E-state index contributed by atoms with van der Waals surface area (Å²) >= 11 is 0. The lowest BCUT2D eigenvalue weighted by atomic mass is 10.1. The van der Waals surface area contributed by atoms with Gasteiger partial charge in [0.05, 0.1) is 6.61 Å². The Kier molecular flexibility index (Phi) is 3.74. The lowest BCUT2D eigenvalue weighted by molar-refractivity contribution is -0.149. The zero-order chi connectivity index (χ0) is 12.3. The highest BCUT2D eigenvalue weighted by Gasteiger charge is 2.38. The fourth-order valence-electron chi connectivity index (χ4n) is 1.17. The molecule has 1 atom stereocenters. The molecule has 2 nitrogen and oxygen atoms in total. The van der Waals surface area contributed by atoms with E-state index in [-0.39, 0.29) is 17.9 Å². The van der Waals surface area contributed by atoms with Gasteiger partial charge in [0.25, 0.3) is 0 Å². The van der Waals surface area contributed by atoms with Gasteiger partial charge in [-0.1, -0.05) is 6.07 Å². The molecule has 0 bridgehead atoms. The maximum absolute atomic E-state index is 13.2. The molecule has 0 aliphatic carbocycles. The van der Waals surface area contributed by atoms with E-state index in [4.69, 9.17) is 10.5 Å². The van der Waals surface area contributed by atoms with Crippen molar-refractivity contribution in [1.82, 2.24) is 0 Å². The van der Waals surface area contributed by atoms with Crippen molar-refractivity contribution in [3.05, 3.63) is 29.6 Å². The number of hydrogen-bond acceptors (Lipinski definition) is 2. The summed E-state index contributed by atoms with van der Waals surface area (Å²) in [4.78, 5) is 0. The first-order valence-electron chi connectivity index (χ1n) is 4.60. The fourth-order valence-corrected chi connectivity index (χ4v) is 1.17. The highest BCUT2D eigenvalue weighted by atomic mass is 19.4. The molecular formula is C10H11F4NO. The Labute approximate surface area is 90.0 Å². The lowest BCUT2D eigenvalue weighted by Gasteiger charge is -2.16. The van der Waals surface area contributed by atoms with Crippen molar-refractivity contribution in [2.24, 2.45) is 5.73 Å². The second-order valence-electron chi connectivity index (χ2n) is 3.14. The molecule has 0 spiro atoms. The molecule has 1 rings (SSSR count). The van der Waals surface area contributed by atoms with Gasteiger partial charge in [-0.25, -0.2) is 4.39 Å². The molecule has 0 aliphatic heterocycles. The Balaban J connectivity index is 2.97. The number of nitrogens with two attached hydrogens (primary N) is 1. The van der Waals surface area contributed by atoms with Crippen LogP contribution in [0.15, 0.2) is 18.2 Å². The first kappa shape index (κ1) is 12.8. The van der Waals surface area contributed by atoms with Crippen LogP contribution in [0.3, 0.4) is 0 Å². The van der Waals surface area contributed by atoms with E-state index in [9.17, 15) is 17.6 Å². The summed E-state index contributed by atoms with van der Waals surface area (Å²) in [5, 5.41) is 0. The van der Waals surface area contributed by atoms with Crippen LogP contribution in [0.25, 0.3) is 0 Å². The minimum absolute atomic E-state index is 0.0828. The summed E-state index contributed by atoms with van der Waals surface area (Å²) in [5.74, 6) is -0.931. The second-order valence-corrected chi connectivity index (χ2v) is 3.14. The normalized spacial score (nSPS) is 13.6. The zero-order valence-electron chi connectivity index (χ0n) is 8.51. The Hall–Kier alpha value is -1.30. The van der Waals surface area contributed by atoms with Crippen LogP contribution in [0.1, 0.15) is 18.5 Å². The van der Waals surface area contributed by atoms with Crippen LogP contribution in [0.4, 0.5) is 17.6 Å². The molecule has 0 radical (unpaired) electrons. The summed E-state index contributed by atoms with van der Waals surface area (Å²) in [6.45, 7) is 1.89. The monoisotopic (exact) mass is 237 g/mol. The minimum atomic E-state index is -4.58. The van der Waals surface area contributed by atoms with Crippen LogP contribution in [-0.2, 0) is 0 Å². The molecule has 0 heterocycles. The molecule has 0 aliphatic rings. The van der Waals surface area contributed by atoms with Crippen molar-refractivity contribution >= 4 is 0 Å². The fraction of sp³-hybridized carbons (Fsp3) is 0.400. The van der Waals surface area contributed by atoms with Gasteiger partial charge in [0, 0.05) is 0 Å². The molecule has 0 aromatic heterocycles. The number of rotatable bonds is 3. The summed E-state index contributed by atoms with van der Waals surface area (Å²) in [7, 11) is 0. The predicted molar refractivity (Wildman–Crippen MR) is 50.6 cm³/mol. The molecule has 1 aromatic rings. The zero-order valence-corrected chi connectivity index (χ0v) is 8.51. The average Bonchev–Trinajstić information content (AvgIpc) is 2.19. The standard InChI is InChI=1S/C10H11F4NO/c1-2-16-8-4-3-6(5-7(8)11)9(15)10(12,13)14/h3-5,9H,2,15H2,1H3. The number of alkyl halides is 3. The van der Waals surface area contributed by atoms with Crippen LogP contribution in [0.2, 0.25) is 0 Å². The average molecular weight is 237 g/mol. The van der Waals surface area contributed by atoms with Crippen LogP contribution >= 0.6 is 0 Å². The molecule has 1 unspecified atom stereocenters. The predicted octanol–water partition coefficient (Wildman–Crippen LogP) is 2.79. The maximum Gasteiger partial charge on any atom is 0.407 e. The summed E-state index contributed by atoms with van der Waals surface area (Å²) in [5.41, 5.74) is 4.61. The quantitative estimate of drug-likeness (QED) is 0.820. The van der Waals surface area contributed by atoms with Crippen LogP contribution in [0.5, 0.6) is 5.75 Å². The summed E-state index contributed by atoms with van der Waals surface area (Å²) in [6, 6.07) is 0.799. The van der Waals surface area contributed by atoms with E-state index in [0.717, 1.165) is 18.2 Å². The number of halogens is 4. The third kappa shape index (κ3) is 2.85. The molecule has 90 valence electrons. The molecule has 0 saturated carbocycles. The van der Waals surface area contributed by atoms with Crippen molar-refractivity contribution in [1.29, 1.82) is 0 Å². The Morgan fingerprint density at radius 1 is 1.38 bits per heavy atom. The van der Waals surface area contributed by atoms with Gasteiger partial charge in [0.1, 0.15) is 6.04 Å². The molecular weight excluding hydrogens is 226 g/mol. The molecule has 1 aromatic carbocycles. The first-order valence-corrected chi connectivity index (χ1v) is 4.60. The Morgan fingerprint density at radius 2 is 2.00 bits per heavy atom. The summed E-state index contributed by atoms with van der Waals surface area (Å²) < 4.78 is 54.8. The van der Waals surface area contributed by atoms with E-state index >= 15 is 0 Å². The largest absolute Gasteiger partial charge is 0.491 e. The SMILES string of the molecule is CCOc1ccc(C(N)C(F)(F)F)cc1F. The Morgan fingerprint density at radius 3 is 2.44 bits per heavy atom. The molecule has 0 fully saturated rings.